The molecule has 0 radical (unpaired) electrons. The van der Waals surface area contributed by atoms with Crippen molar-refractivity contribution in [1.82, 2.24) is 4.57 Å². The Morgan fingerprint density at radius 1 is 0.974 bits per heavy atom. The molecule has 1 amide bonds. The zero-order valence-electron chi connectivity index (χ0n) is 25.3. The zero-order chi connectivity index (χ0) is 27.7. The molecule has 0 bridgehead atoms. The van der Waals surface area contributed by atoms with Crippen molar-refractivity contribution in [3.05, 3.63) is 76.9 Å². The van der Waals surface area contributed by atoms with Crippen LogP contribution in [0.1, 0.15) is 109 Å². The van der Waals surface area contributed by atoms with Crippen molar-refractivity contribution in [2.24, 2.45) is 0 Å². The summed E-state index contributed by atoms with van der Waals surface area (Å²) < 4.78 is 3.90. The predicted octanol–water partition coefficient (Wildman–Crippen LogP) is 3.19. The number of imidazole rings is 1. The molecule has 0 aliphatic heterocycles. The van der Waals surface area contributed by atoms with Crippen LogP contribution in [0, 0.1) is 0 Å². The Labute approximate surface area is 245 Å². The number of carbonyl (C=O) groups is 1. The Morgan fingerprint density at radius 2 is 1.54 bits per heavy atom. The maximum Gasteiger partial charge on any atom is 0.266 e. The summed E-state index contributed by atoms with van der Waals surface area (Å²) in [5.41, 5.74) is 6.10. The highest BCUT2D eigenvalue weighted by Crippen LogP contribution is 2.37. The van der Waals surface area contributed by atoms with E-state index in [4.69, 9.17) is 0 Å². The number of phenolic OH excluding ortho intramolecular Hbond substituents is 1. The van der Waals surface area contributed by atoms with Crippen molar-refractivity contribution in [3.8, 4) is 5.75 Å². The van der Waals surface area contributed by atoms with Gasteiger partial charge >= 0.3 is 0 Å². The topological polar surface area (TPSA) is 89.6 Å². The third-order valence-electron chi connectivity index (χ3n) is 6.93. The van der Waals surface area contributed by atoms with E-state index in [1.165, 1.54) is 5.56 Å². The second kappa shape index (κ2) is 13.1. The molecule has 0 atom stereocenters. The number of phenols is 1. The quantitative estimate of drug-likeness (QED) is 0.407. The van der Waals surface area contributed by atoms with Gasteiger partial charge in [0.15, 0.2) is 6.54 Å². The molecule has 0 unspecified atom stereocenters. The van der Waals surface area contributed by atoms with Crippen molar-refractivity contribution in [2.45, 2.75) is 105 Å². The van der Waals surface area contributed by atoms with Crippen LogP contribution in [0.3, 0.4) is 0 Å². The Morgan fingerprint density at radius 3 is 2.03 bits per heavy atom. The van der Waals surface area contributed by atoms with Gasteiger partial charge in [-0.3, -0.25) is 4.79 Å². The molecular weight excluding hydrogens is 554 g/mol. The third kappa shape index (κ3) is 8.42. The SMILES string of the molecule is CC(C)c1cccc(C(C)C)c1NC(=O)Cn1cc[n+](Cc2cc(C(C)(C)C)cc(C(C)(C)C)c2O)c1.O.[Br-]. The normalized spacial score (nSPS) is 11.8. The van der Waals surface area contributed by atoms with Gasteiger partial charge in [-0.1, -0.05) is 93.5 Å². The summed E-state index contributed by atoms with van der Waals surface area (Å²) in [6, 6.07) is 10.5. The van der Waals surface area contributed by atoms with Gasteiger partial charge in [0.25, 0.3) is 5.91 Å². The first kappa shape index (κ1) is 34.4. The van der Waals surface area contributed by atoms with E-state index in [9.17, 15) is 9.90 Å². The number of anilines is 1. The van der Waals surface area contributed by atoms with Gasteiger partial charge in [-0.15, -0.1) is 0 Å². The maximum absolute atomic E-state index is 13.1. The van der Waals surface area contributed by atoms with E-state index >= 15 is 0 Å². The van der Waals surface area contributed by atoms with Crippen LogP contribution in [0.4, 0.5) is 5.69 Å². The predicted molar refractivity (Wildman–Crippen MR) is 156 cm³/mol. The lowest BCUT2D eigenvalue weighted by molar-refractivity contribution is -0.687. The summed E-state index contributed by atoms with van der Waals surface area (Å²) in [6.07, 6.45) is 5.79. The minimum atomic E-state index is -0.171. The van der Waals surface area contributed by atoms with Crippen LogP contribution in [-0.4, -0.2) is 21.1 Å². The van der Waals surface area contributed by atoms with Crippen LogP contribution in [0.5, 0.6) is 5.75 Å². The molecule has 1 aromatic heterocycles. The van der Waals surface area contributed by atoms with Crippen molar-refractivity contribution in [3.63, 3.8) is 0 Å². The van der Waals surface area contributed by atoms with Gasteiger partial charge < -0.3 is 32.9 Å². The molecular formula is C32H48BrN3O3. The molecule has 39 heavy (non-hydrogen) atoms. The standard InChI is InChI=1S/C32H45N3O2.BrH.H2O/c1-21(2)25-12-11-13-26(22(3)4)29(25)33-28(36)19-35-15-14-34(20-35)18-23-16-24(31(5,6)7)17-27(30(23)37)32(8,9)10;;/h11-17,20-22H,18-19H2,1-10H3,(H-,33,36,37);1H;1H2. The fourth-order valence-corrected chi connectivity index (χ4v) is 4.68. The molecule has 4 N–H and O–H groups in total. The smallest absolute Gasteiger partial charge is 0.266 e. The highest BCUT2D eigenvalue weighted by molar-refractivity contribution is 5.92. The number of hydrogen-bond acceptors (Lipinski definition) is 2. The molecule has 1 heterocycles. The number of amides is 1. The van der Waals surface area contributed by atoms with Crippen LogP contribution in [0.2, 0.25) is 0 Å². The lowest BCUT2D eigenvalue weighted by Crippen LogP contribution is -3.00. The van der Waals surface area contributed by atoms with E-state index in [0.717, 1.165) is 27.9 Å². The number of halogens is 1. The number of para-hydroxylation sites is 1. The fraction of sp³-hybridized carbons (Fsp3) is 0.500. The van der Waals surface area contributed by atoms with Gasteiger partial charge in [-0.05, 0) is 51.0 Å². The van der Waals surface area contributed by atoms with Crippen molar-refractivity contribution in [2.75, 3.05) is 5.32 Å². The first-order valence-electron chi connectivity index (χ1n) is 13.4. The largest absolute Gasteiger partial charge is 1.00 e. The zero-order valence-corrected chi connectivity index (χ0v) is 26.9. The highest BCUT2D eigenvalue weighted by atomic mass is 79.9. The number of hydrogen-bond donors (Lipinski definition) is 2. The van der Waals surface area contributed by atoms with E-state index in [0.29, 0.717) is 24.1 Å². The summed E-state index contributed by atoms with van der Waals surface area (Å²) in [6.45, 7) is 22.3. The average molecular weight is 603 g/mol. The number of aromatic nitrogens is 2. The number of nitrogens with one attached hydrogen (secondary N) is 1. The molecule has 216 valence electrons. The van der Waals surface area contributed by atoms with Gasteiger partial charge in [-0.25, -0.2) is 9.13 Å². The van der Waals surface area contributed by atoms with E-state index in [-0.39, 0.29) is 45.7 Å². The van der Waals surface area contributed by atoms with E-state index in [1.54, 1.807) is 0 Å². The number of carbonyl (C=O) groups excluding carboxylic acids is 1. The molecule has 0 aliphatic rings. The van der Waals surface area contributed by atoms with Crippen LogP contribution in [0.25, 0.3) is 0 Å². The number of nitrogens with zero attached hydrogens (tertiary/aromatic N) is 2. The molecule has 0 fully saturated rings. The van der Waals surface area contributed by atoms with Crippen LogP contribution >= 0.6 is 0 Å². The molecule has 6 nitrogen and oxygen atoms in total. The van der Waals surface area contributed by atoms with Crippen molar-refractivity contribution >= 4 is 11.6 Å². The maximum atomic E-state index is 13.1. The molecule has 0 aliphatic carbocycles. The third-order valence-corrected chi connectivity index (χ3v) is 6.93. The van der Waals surface area contributed by atoms with E-state index in [2.05, 4.69) is 105 Å². The second-order valence-corrected chi connectivity index (χ2v) is 13.0. The molecule has 3 rings (SSSR count). The first-order valence-corrected chi connectivity index (χ1v) is 13.4. The summed E-state index contributed by atoms with van der Waals surface area (Å²) in [7, 11) is 0. The molecule has 2 aromatic carbocycles. The van der Waals surface area contributed by atoms with Crippen molar-refractivity contribution < 1.29 is 36.9 Å². The lowest BCUT2D eigenvalue weighted by atomic mass is 9.79. The highest BCUT2D eigenvalue weighted by Gasteiger charge is 2.26. The van der Waals surface area contributed by atoms with Gasteiger partial charge in [0.05, 0.1) is 0 Å². The molecule has 0 saturated heterocycles. The Kier molecular flexibility index (Phi) is 11.6. The Hall–Kier alpha value is -2.64. The van der Waals surface area contributed by atoms with Crippen molar-refractivity contribution in [1.29, 1.82) is 0 Å². The molecule has 3 aromatic rings. The van der Waals surface area contributed by atoms with Gasteiger partial charge in [0.1, 0.15) is 24.7 Å². The number of rotatable bonds is 7. The lowest BCUT2D eigenvalue weighted by Gasteiger charge is -2.27. The minimum absolute atomic E-state index is 0. The van der Waals surface area contributed by atoms with Crippen LogP contribution < -0.4 is 26.9 Å². The second-order valence-electron chi connectivity index (χ2n) is 13.0. The summed E-state index contributed by atoms with van der Waals surface area (Å²) in [4.78, 5) is 13.1. The Bertz CT molecular complexity index is 1240. The van der Waals surface area contributed by atoms with Gasteiger partial charge in [-0.2, -0.15) is 0 Å². The summed E-state index contributed by atoms with van der Waals surface area (Å²) in [5, 5.41) is 14.3. The minimum Gasteiger partial charge on any atom is -1.00 e. The Balaban J connectivity index is 0.00000380. The monoisotopic (exact) mass is 601 g/mol. The van der Waals surface area contributed by atoms with Gasteiger partial charge in [0, 0.05) is 11.3 Å². The summed E-state index contributed by atoms with van der Waals surface area (Å²) in [5.74, 6) is 0.935. The van der Waals surface area contributed by atoms with E-state index in [1.807, 2.05) is 27.9 Å². The number of aromatic hydroxyl groups is 1. The summed E-state index contributed by atoms with van der Waals surface area (Å²) >= 11 is 0. The molecule has 0 saturated carbocycles. The first-order chi connectivity index (χ1) is 17.1. The average Bonchev–Trinajstić information content (AvgIpc) is 3.19. The van der Waals surface area contributed by atoms with Gasteiger partial charge in [0.2, 0.25) is 6.33 Å². The molecule has 0 spiro atoms. The van der Waals surface area contributed by atoms with E-state index < -0.39 is 0 Å². The number of benzene rings is 2. The van der Waals surface area contributed by atoms with Crippen LogP contribution in [-0.2, 0) is 28.7 Å². The fourth-order valence-electron chi connectivity index (χ4n) is 4.68. The van der Waals surface area contributed by atoms with Crippen LogP contribution in [0.15, 0.2) is 49.1 Å². The molecule has 7 heteroatoms.